The topological polar surface area (TPSA) is 67.4 Å². The van der Waals surface area contributed by atoms with Gasteiger partial charge in [0.2, 0.25) is 0 Å². The molecule has 2 aliphatic heterocycles. The van der Waals surface area contributed by atoms with Crippen LogP contribution in [0, 0.1) is 0 Å². The number of rotatable bonds is 7. The van der Waals surface area contributed by atoms with E-state index in [1.807, 2.05) is 0 Å². The fourth-order valence-corrected chi connectivity index (χ4v) is 4.95. The van der Waals surface area contributed by atoms with Crippen molar-refractivity contribution in [2.45, 2.75) is 76.5 Å². The molecule has 2 heterocycles. The van der Waals surface area contributed by atoms with Crippen molar-refractivity contribution >= 4 is 9.84 Å². The van der Waals surface area contributed by atoms with E-state index in [-0.39, 0.29) is 0 Å². The van der Waals surface area contributed by atoms with E-state index < -0.39 is 9.84 Å². The van der Waals surface area contributed by atoms with Gasteiger partial charge in [0.1, 0.15) is 9.84 Å². The lowest BCUT2D eigenvalue weighted by Crippen LogP contribution is -2.47. The van der Waals surface area contributed by atoms with E-state index in [9.17, 15) is 8.42 Å². The maximum atomic E-state index is 11.5. The van der Waals surface area contributed by atoms with Crippen molar-refractivity contribution in [3.8, 4) is 0 Å². The third-order valence-corrected chi connectivity index (χ3v) is 6.55. The molecule has 0 saturated carbocycles. The number of morpholine rings is 1. The van der Waals surface area contributed by atoms with Crippen LogP contribution < -0.4 is 10.6 Å². The van der Waals surface area contributed by atoms with Gasteiger partial charge in [0.05, 0.1) is 24.7 Å². The summed E-state index contributed by atoms with van der Waals surface area (Å²) in [5.74, 6) is 0.699. The van der Waals surface area contributed by atoms with E-state index in [0.29, 0.717) is 35.7 Å². The Kier molecular flexibility index (Phi) is 7.12. The summed E-state index contributed by atoms with van der Waals surface area (Å²) in [6, 6.07) is 1.83. The van der Waals surface area contributed by atoms with Gasteiger partial charge in [-0.25, -0.2) is 8.42 Å². The Morgan fingerprint density at radius 3 is 2.64 bits per heavy atom. The Hall–Kier alpha value is -0.170. The Morgan fingerprint density at radius 2 is 2.00 bits per heavy atom. The highest BCUT2D eigenvalue weighted by molar-refractivity contribution is 7.91. The van der Waals surface area contributed by atoms with Crippen molar-refractivity contribution in [1.29, 1.82) is 0 Å². The van der Waals surface area contributed by atoms with Gasteiger partial charge in [0.15, 0.2) is 0 Å². The lowest BCUT2D eigenvalue weighted by Gasteiger charge is -2.30. The molecule has 3 unspecified atom stereocenters. The smallest absolute Gasteiger partial charge is 0.150 e. The van der Waals surface area contributed by atoms with Crippen LogP contribution in [-0.2, 0) is 14.6 Å². The van der Waals surface area contributed by atoms with E-state index in [1.54, 1.807) is 0 Å². The fourth-order valence-electron chi connectivity index (χ4n) is 3.46. The van der Waals surface area contributed by atoms with Crippen molar-refractivity contribution in [3.05, 3.63) is 0 Å². The van der Waals surface area contributed by atoms with Gasteiger partial charge in [0, 0.05) is 24.2 Å². The first kappa shape index (κ1) is 18.2. The number of hydrogen-bond donors (Lipinski definition) is 2. The second-order valence-corrected chi connectivity index (χ2v) is 9.23. The summed E-state index contributed by atoms with van der Waals surface area (Å²) < 4.78 is 28.5. The monoisotopic (exact) mass is 332 g/mol. The summed E-state index contributed by atoms with van der Waals surface area (Å²) in [7, 11) is -2.76. The molecule has 2 N–H and O–H groups in total. The number of nitrogens with one attached hydrogen (secondary N) is 2. The van der Waals surface area contributed by atoms with Crippen molar-refractivity contribution < 1.29 is 13.2 Å². The molecular weight excluding hydrogens is 300 g/mol. The van der Waals surface area contributed by atoms with E-state index in [0.717, 1.165) is 45.3 Å². The minimum Gasteiger partial charge on any atom is -0.378 e. The minimum atomic E-state index is -2.76. The van der Waals surface area contributed by atoms with Crippen LogP contribution >= 0.6 is 0 Å². The van der Waals surface area contributed by atoms with Gasteiger partial charge >= 0.3 is 0 Å². The molecule has 0 radical (unpaired) electrons. The molecular formula is C16H32N2O3S. The summed E-state index contributed by atoms with van der Waals surface area (Å²) in [4.78, 5) is 0. The molecule has 0 spiro atoms. The van der Waals surface area contributed by atoms with E-state index in [1.165, 1.54) is 6.42 Å². The predicted molar refractivity (Wildman–Crippen MR) is 89.9 cm³/mol. The summed E-state index contributed by atoms with van der Waals surface area (Å²) in [5, 5.41) is 7.26. The highest BCUT2D eigenvalue weighted by Gasteiger charge is 2.25. The van der Waals surface area contributed by atoms with Crippen LogP contribution in [0.15, 0.2) is 0 Å². The van der Waals surface area contributed by atoms with Crippen LogP contribution in [0.2, 0.25) is 0 Å². The Labute approximate surface area is 135 Å². The van der Waals surface area contributed by atoms with Gasteiger partial charge < -0.3 is 15.4 Å². The summed E-state index contributed by atoms with van der Waals surface area (Å²) in [6.07, 6.45) is 6.15. The van der Waals surface area contributed by atoms with Crippen molar-refractivity contribution in [3.63, 3.8) is 0 Å². The second kappa shape index (κ2) is 8.62. The molecule has 0 aromatic rings. The zero-order chi connectivity index (χ0) is 16.0. The molecule has 6 heteroatoms. The summed E-state index contributed by atoms with van der Waals surface area (Å²) in [5.41, 5.74) is 0. The Bertz CT molecular complexity index is 413. The molecule has 22 heavy (non-hydrogen) atoms. The lowest BCUT2D eigenvalue weighted by atomic mass is 10.0. The van der Waals surface area contributed by atoms with Gasteiger partial charge in [-0.1, -0.05) is 13.3 Å². The van der Waals surface area contributed by atoms with E-state index in [4.69, 9.17) is 4.74 Å². The molecule has 0 aromatic heterocycles. The van der Waals surface area contributed by atoms with Gasteiger partial charge in [-0.2, -0.15) is 0 Å². The van der Waals surface area contributed by atoms with Gasteiger partial charge in [-0.05, 0) is 39.0 Å². The van der Waals surface area contributed by atoms with E-state index >= 15 is 0 Å². The van der Waals surface area contributed by atoms with Crippen LogP contribution in [0.3, 0.4) is 0 Å². The Balaban J connectivity index is 1.64. The van der Waals surface area contributed by atoms with Crippen LogP contribution in [-0.4, -0.2) is 57.3 Å². The first-order valence-electron chi connectivity index (χ1n) is 8.78. The van der Waals surface area contributed by atoms with Gasteiger partial charge in [-0.3, -0.25) is 0 Å². The SMILES string of the molecule is CCC(CCCC1COCC(C)N1)NC1CCS(=O)(=O)CC1. The molecule has 2 saturated heterocycles. The van der Waals surface area contributed by atoms with Gasteiger partial charge in [-0.15, -0.1) is 0 Å². The van der Waals surface area contributed by atoms with Crippen molar-refractivity contribution in [2.75, 3.05) is 24.7 Å². The third-order valence-electron chi connectivity index (χ3n) is 4.83. The molecule has 0 aromatic carbocycles. The van der Waals surface area contributed by atoms with Crippen LogP contribution in [0.1, 0.15) is 52.4 Å². The van der Waals surface area contributed by atoms with Crippen LogP contribution in [0.5, 0.6) is 0 Å². The maximum absolute atomic E-state index is 11.5. The number of ether oxygens (including phenoxy) is 1. The fraction of sp³-hybridized carbons (Fsp3) is 1.00. The Morgan fingerprint density at radius 1 is 1.27 bits per heavy atom. The molecule has 5 nitrogen and oxygen atoms in total. The molecule has 2 rings (SSSR count). The number of sulfone groups is 1. The highest BCUT2D eigenvalue weighted by Crippen LogP contribution is 2.16. The quantitative estimate of drug-likeness (QED) is 0.739. The first-order valence-corrected chi connectivity index (χ1v) is 10.6. The van der Waals surface area contributed by atoms with Gasteiger partial charge in [0.25, 0.3) is 0 Å². The first-order chi connectivity index (χ1) is 10.5. The minimum absolute atomic E-state index is 0.350. The molecule has 0 aliphatic carbocycles. The standard InChI is InChI=1S/C16H32N2O3S/c1-3-14(18-15-7-9-22(19,20)10-8-15)5-4-6-16-12-21-11-13(2)17-16/h13-18H,3-12H2,1-2H3. The molecule has 0 amide bonds. The van der Waals surface area contributed by atoms with Crippen LogP contribution in [0.25, 0.3) is 0 Å². The zero-order valence-electron chi connectivity index (χ0n) is 14.0. The summed E-state index contributed by atoms with van der Waals surface area (Å²) in [6.45, 7) is 6.02. The normalized spacial score (nSPS) is 31.0. The van der Waals surface area contributed by atoms with Crippen LogP contribution in [0.4, 0.5) is 0 Å². The molecule has 0 bridgehead atoms. The molecule has 2 aliphatic rings. The van der Waals surface area contributed by atoms with E-state index in [2.05, 4.69) is 24.5 Å². The molecule has 2 fully saturated rings. The largest absolute Gasteiger partial charge is 0.378 e. The predicted octanol–water partition coefficient (Wildman–Crippen LogP) is 1.48. The lowest BCUT2D eigenvalue weighted by molar-refractivity contribution is 0.0472. The maximum Gasteiger partial charge on any atom is 0.150 e. The average molecular weight is 333 g/mol. The van der Waals surface area contributed by atoms with Crippen molar-refractivity contribution in [1.82, 2.24) is 10.6 Å². The third kappa shape index (κ3) is 6.14. The highest BCUT2D eigenvalue weighted by atomic mass is 32.2. The summed E-state index contributed by atoms with van der Waals surface area (Å²) >= 11 is 0. The zero-order valence-corrected chi connectivity index (χ0v) is 14.8. The average Bonchev–Trinajstić information content (AvgIpc) is 2.48. The van der Waals surface area contributed by atoms with Crippen molar-refractivity contribution in [2.24, 2.45) is 0 Å². The second-order valence-electron chi connectivity index (χ2n) is 6.93. The molecule has 3 atom stereocenters. The number of hydrogen-bond acceptors (Lipinski definition) is 5. The molecule has 130 valence electrons.